The van der Waals surface area contributed by atoms with Gasteiger partial charge in [0.2, 0.25) is 5.95 Å². The monoisotopic (exact) mass is 593 g/mol. The molecule has 42 heavy (non-hydrogen) atoms. The number of carbonyl (C=O) groups is 1. The summed E-state index contributed by atoms with van der Waals surface area (Å²) in [5, 5.41) is 13.6. The highest BCUT2D eigenvalue weighted by Gasteiger charge is 2.34. The molecule has 4 aromatic rings. The fraction of sp³-hybridized carbons (Fsp3) is 0.400. The number of aromatic nitrogens is 2. The predicted molar refractivity (Wildman–Crippen MR) is 156 cm³/mol. The molecule has 2 aliphatic rings. The molecule has 1 amide bonds. The Morgan fingerprint density at radius 2 is 1.98 bits per heavy atom. The fourth-order valence-corrected chi connectivity index (χ4v) is 6.77. The molecule has 2 atom stereocenters. The molecule has 0 saturated carbocycles. The number of hydrogen-bond donors (Lipinski definition) is 1. The van der Waals surface area contributed by atoms with Gasteiger partial charge >= 0.3 is 6.09 Å². The van der Waals surface area contributed by atoms with E-state index in [1.54, 1.807) is 34.1 Å². The first kappa shape index (κ1) is 28.2. The molecule has 1 N–H and O–H groups in total. The zero-order valence-electron chi connectivity index (χ0n) is 23.8. The smallest absolute Gasteiger partial charge is 0.412 e. The van der Waals surface area contributed by atoms with Gasteiger partial charge < -0.3 is 19.1 Å². The maximum absolute atomic E-state index is 16.7. The number of nitriles is 1. The van der Waals surface area contributed by atoms with Crippen LogP contribution in [0.15, 0.2) is 18.3 Å². The molecule has 2 aromatic carbocycles. The number of nitrogens with one attached hydrogen (secondary N) is 1. The van der Waals surface area contributed by atoms with Crippen molar-refractivity contribution in [2.24, 2.45) is 5.92 Å². The van der Waals surface area contributed by atoms with Crippen molar-refractivity contribution in [3.63, 3.8) is 0 Å². The Morgan fingerprint density at radius 3 is 2.67 bits per heavy atom. The molecule has 0 bridgehead atoms. The minimum Gasteiger partial charge on any atom is -0.444 e. The summed E-state index contributed by atoms with van der Waals surface area (Å²) in [5.41, 5.74) is 0.368. The second-order valence-corrected chi connectivity index (χ2v) is 12.6. The Balaban J connectivity index is 1.55. The van der Waals surface area contributed by atoms with E-state index in [0.29, 0.717) is 40.3 Å². The van der Waals surface area contributed by atoms with Crippen molar-refractivity contribution in [2.45, 2.75) is 52.6 Å². The molecule has 9 nitrogen and oxygen atoms in total. The molecule has 0 spiro atoms. The molecule has 0 aliphatic carbocycles. The van der Waals surface area contributed by atoms with Crippen LogP contribution in [0.1, 0.15) is 44.4 Å². The number of fused-ring (bicyclic) bond motifs is 4. The lowest BCUT2D eigenvalue weighted by molar-refractivity contribution is 0.0636. The SMILES string of the molecule is CO[C@H]1CN(c2ncc3c4c(c(-c5c(F)ccc6sc(NC(=O)OC(C)(C)C)c(C#N)c56)c(F)c3n2)COC4)CC1C. The first-order chi connectivity index (χ1) is 20.0. The summed E-state index contributed by atoms with van der Waals surface area (Å²) in [6, 6.07) is 4.83. The molecule has 2 aromatic heterocycles. The molecule has 4 heterocycles. The summed E-state index contributed by atoms with van der Waals surface area (Å²) in [6.45, 7) is 8.68. The number of thiophene rings is 1. The molecule has 2 aliphatic heterocycles. The molecule has 218 valence electrons. The van der Waals surface area contributed by atoms with Crippen molar-refractivity contribution in [3.05, 3.63) is 46.7 Å². The molecule has 1 fully saturated rings. The first-order valence-electron chi connectivity index (χ1n) is 13.5. The maximum Gasteiger partial charge on any atom is 0.412 e. The van der Waals surface area contributed by atoms with Gasteiger partial charge in [-0.3, -0.25) is 5.32 Å². The van der Waals surface area contributed by atoms with Gasteiger partial charge in [0, 0.05) is 58.9 Å². The van der Waals surface area contributed by atoms with Crippen molar-refractivity contribution in [2.75, 3.05) is 30.4 Å². The van der Waals surface area contributed by atoms with Gasteiger partial charge in [-0.15, -0.1) is 11.3 Å². The van der Waals surface area contributed by atoms with E-state index >= 15 is 8.78 Å². The van der Waals surface area contributed by atoms with Crippen LogP contribution in [0.25, 0.3) is 32.1 Å². The van der Waals surface area contributed by atoms with Gasteiger partial charge in [0.1, 0.15) is 28.0 Å². The first-order valence-corrected chi connectivity index (χ1v) is 14.3. The lowest BCUT2D eigenvalue weighted by Crippen LogP contribution is -2.27. The van der Waals surface area contributed by atoms with Gasteiger partial charge in [0.25, 0.3) is 0 Å². The maximum atomic E-state index is 16.7. The van der Waals surface area contributed by atoms with Crippen LogP contribution < -0.4 is 10.2 Å². The summed E-state index contributed by atoms with van der Waals surface area (Å²) in [5.74, 6) is -0.843. The van der Waals surface area contributed by atoms with Gasteiger partial charge in [0.15, 0.2) is 5.82 Å². The number of ether oxygens (including phenoxy) is 3. The number of carbonyl (C=O) groups excluding carboxylic acids is 1. The highest BCUT2D eigenvalue weighted by molar-refractivity contribution is 7.23. The third-order valence-electron chi connectivity index (χ3n) is 7.60. The molecule has 1 unspecified atom stereocenters. The Hall–Kier alpha value is -3.92. The van der Waals surface area contributed by atoms with Crippen LogP contribution in [0.3, 0.4) is 0 Å². The number of amides is 1. The van der Waals surface area contributed by atoms with Gasteiger partial charge in [0.05, 0.1) is 24.9 Å². The Labute approximate surface area is 245 Å². The number of benzene rings is 2. The summed E-state index contributed by atoms with van der Waals surface area (Å²) in [7, 11) is 1.66. The Bertz CT molecular complexity index is 1800. The lowest BCUT2D eigenvalue weighted by atomic mass is 9.90. The number of hydrogen-bond acceptors (Lipinski definition) is 9. The minimum absolute atomic E-state index is 0.00342. The van der Waals surface area contributed by atoms with E-state index in [1.165, 1.54) is 12.1 Å². The van der Waals surface area contributed by atoms with E-state index in [4.69, 9.17) is 14.2 Å². The third kappa shape index (κ3) is 4.71. The van der Waals surface area contributed by atoms with Crippen LogP contribution in [0.2, 0.25) is 0 Å². The number of nitrogens with zero attached hydrogens (tertiary/aromatic N) is 4. The number of halogens is 2. The summed E-state index contributed by atoms with van der Waals surface area (Å²) in [4.78, 5) is 23.6. The van der Waals surface area contributed by atoms with E-state index in [9.17, 15) is 10.1 Å². The lowest BCUT2D eigenvalue weighted by Gasteiger charge is -2.19. The van der Waals surface area contributed by atoms with Crippen LogP contribution in [-0.4, -0.2) is 48.0 Å². The summed E-state index contributed by atoms with van der Waals surface area (Å²) in [6.07, 6.45) is 0.833. The van der Waals surface area contributed by atoms with Crippen molar-refractivity contribution < 1.29 is 27.8 Å². The van der Waals surface area contributed by atoms with Gasteiger partial charge in [-0.2, -0.15) is 5.26 Å². The van der Waals surface area contributed by atoms with E-state index in [2.05, 4.69) is 28.3 Å². The number of anilines is 2. The summed E-state index contributed by atoms with van der Waals surface area (Å²) < 4.78 is 49.7. The standard InChI is InChI=1S/C30H29F2N5O4S/c1-14-10-37(11-20(14)39-5)28-34-9-16-17-12-40-13-18(17)23(25(32)26(16)35-28)24-19(31)6-7-21-22(24)15(8-33)27(42-21)36-29(38)41-30(2,3)4/h6-7,9,14,20H,10-13H2,1-5H3,(H,36,38)/t14?,20-/m0/s1. The largest absolute Gasteiger partial charge is 0.444 e. The van der Waals surface area contributed by atoms with Crippen molar-refractivity contribution in [3.8, 4) is 17.2 Å². The zero-order valence-corrected chi connectivity index (χ0v) is 24.6. The topological polar surface area (TPSA) is 110 Å². The number of methoxy groups -OCH3 is 1. The van der Waals surface area contributed by atoms with E-state index in [1.807, 2.05) is 4.90 Å². The molecule has 0 radical (unpaired) electrons. The van der Waals surface area contributed by atoms with E-state index in [-0.39, 0.29) is 57.8 Å². The highest BCUT2D eigenvalue weighted by atomic mass is 32.1. The zero-order chi connectivity index (χ0) is 29.9. The molecule has 12 heteroatoms. The van der Waals surface area contributed by atoms with E-state index < -0.39 is 23.3 Å². The van der Waals surface area contributed by atoms with Crippen molar-refractivity contribution in [1.29, 1.82) is 5.26 Å². The molecule has 6 rings (SSSR count). The average molecular weight is 594 g/mol. The van der Waals surface area contributed by atoms with Gasteiger partial charge in [-0.25, -0.2) is 23.5 Å². The fourth-order valence-electron chi connectivity index (χ4n) is 5.73. The third-order valence-corrected chi connectivity index (χ3v) is 8.67. The van der Waals surface area contributed by atoms with Crippen molar-refractivity contribution >= 4 is 49.4 Å². The van der Waals surface area contributed by atoms with Gasteiger partial charge in [-0.05, 0) is 44.0 Å². The predicted octanol–water partition coefficient (Wildman–Crippen LogP) is 6.51. The Morgan fingerprint density at radius 1 is 1.21 bits per heavy atom. The van der Waals surface area contributed by atoms with Crippen LogP contribution in [0, 0.1) is 28.9 Å². The van der Waals surface area contributed by atoms with Crippen LogP contribution >= 0.6 is 11.3 Å². The van der Waals surface area contributed by atoms with Gasteiger partial charge in [-0.1, -0.05) is 6.92 Å². The van der Waals surface area contributed by atoms with Crippen LogP contribution in [0.4, 0.5) is 24.5 Å². The quantitative estimate of drug-likeness (QED) is 0.285. The molecular formula is C30H29F2N5O4S. The summed E-state index contributed by atoms with van der Waals surface area (Å²) >= 11 is 1.09. The normalized spacial score (nSPS) is 18.5. The average Bonchev–Trinajstić information content (AvgIpc) is 3.65. The second-order valence-electron chi connectivity index (χ2n) is 11.6. The minimum atomic E-state index is -0.766. The van der Waals surface area contributed by atoms with Crippen LogP contribution in [-0.2, 0) is 27.4 Å². The number of rotatable bonds is 4. The Kier molecular flexibility index (Phi) is 7.00. The molecule has 1 saturated heterocycles. The highest BCUT2D eigenvalue weighted by Crippen LogP contribution is 2.47. The van der Waals surface area contributed by atoms with Crippen LogP contribution in [0.5, 0.6) is 0 Å². The van der Waals surface area contributed by atoms with E-state index in [0.717, 1.165) is 11.3 Å². The van der Waals surface area contributed by atoms with Crippen molar-refractivity contribution in [1.82, 2.24) is 9.97 Å². The second kappa shape index (κ2) is 10.4. The molecular weight excluding hydrogens is 564 g/mol.